The normalized spacial score (nSPS) is 10.0. The number of ether oxygens (including phenoxy) is 3. The van der Waals surface area contributed by atoms with E-state index in [1.807, 2.05) is 0 Å². The van der Waals surface area contributed by atoms with Gasteiger partial charge in [0.25, 0.3) is 0 Å². The van der Waals surface area contributed by atoms with Gasteiger partial charge in [-0.1, -0.05) is 6.07 Å². The van der Waals surface area contributed by atoms with Crippen molar-refractivity contribution in [2.75, 3.05) is 20.8 Å². The summed E-state index contributed by atoms with van der Waals surface area (Å²) >= 11 is 1.27. The molecular formula is C15H14O5S. The number of ketones is 1. The van der Waals surface area contributed by atoms with E-state index >= 15 is 0 Å². The SMILES string of the molecule is COc1ccc(C(=O)COC(=O)c2cccs2)cc1OC. The number of thiophene rings is 1. The second kappa shape index (κ2) is 6.90. The number of carbonyl (C=O) groups excluding carboxylic acids is 2. The van der Waals surface area contributed by atoms with Crippen LogP contribution in [0.1, 0.15) is 20.0 Å². The van der Waals surface area contributed by atoms with Crippen LogP contribution in [0.3, 0.4) is 0 Å². The quantitative estimate of drug-likeness (QED) is 0.606. The molecule has 0 atom stereocenters. The van der Waals surface area contributed by atoms with Gasteiger partial charge in [-0.25, -0.2) is 4.79 Å². The van der Waals surface area contributed by atoms with Gasteiger partial charge >= 0.3 is 5.97 Å². The summed E-state index contributed by atoms with van der Waals surface area (Å²) in [6.07, 6.45) is 0. The topological polar surface area (TPSA) is 61.8 Å². The van der Waals surface area contributed by atoms with Crippen molar-refractivity contribution in [3.63, 3.8) is 0 Å². The number of hydrogen-bond acceptors (Lipinski definition) is 6. The molecule has 0 fully saturated rings. The van der Waals surface area contributed by atoms with Gasteiger partial charge in [0, 0.05) is 5.56 Å². The fourth-order valence-corrected chi connectivity index (χ4v) is 2.31. The third-order valence-corrected chi connectivity index (χ3v) is 3.61. The van der Waals surface area contributed by atoms with Crippen molar-refractivity contribution in [1.82, 2.24) is 0 Å². The standard InChI is InChI=1S/C15H14O5S/c1-18-12-6-5-10(8-13(12)19-2)11(16)9-20-15(17)14-4-3-7-21-14/h3-8H,9H2,1-2H3. The Morgan fingerprint density at radius 1 is 1.10 bits per heavy atom. The second-order valence-electron chi connectivity index (χ2n) is 4.05. The summed E-state index contributed by atoms with van der Waals surface area (Å²) in [6, 6.07) is 8.18. The highest BCUT2D eigenvalue weighted by molar-refractivity contribution is 7.11. The van der Waals surface area contributed by atoms with E-state index in [-0.39, 0.29) is 12.4 Å². The number of carbonyl (C=O) groups is 2. The summed E-state index contributed by atoms with van der Waals surface area (Å²) < 4.78 is 15.2. The fourth-order valence-electron chi connectivity index (χ4n) is 1.69. The maximum absolute atomic E-state index is 12.0. The Morgan fingerprint density at radius 3 is 2.48 bits per heavy atom. The van der Waals surface area contributed by atoms with Crippen LogP contribution in [0.25, 0.3) is 0 Å². The Hall–Kier alpha value is -2.34. The van der Waals surface area contributed by atoms with Crippen molar-refractivity contribution in [3.8, 4) is 11.5 Å². The van der Waals surface area contributed by atoms with Gasteiger partial charge in [0.2, 0.25) is 0 Å². The minimum Gasteiger partial charge on any atom is -0.493 e. The predicted molar refractivity (Wildman–Crippen MR) is 78.5 cm³/mol. The Bertz CT molecular complexity index is 634. The zero-order valence-electron chi connectivity index (χ0n) is 11.6. The molecule has 0 saturated carbocycles. The van der Waals surface area contributed by atoms with Gasteiger partial charge in [0.1, 0.15) is 4.88 Å². The number of methoxy groups -OCH3 is 2. The third-order valence-electron chi connectivity index (χ3n) is 2.76. The lowest BCUT2D eigenvalue weighted by atomic mass is 10.1. The molecule has 5 nitrogen and oxygen atoms in total. The lowest BCUT2D eigenvalue weighted by Gasteiger charge is -2.09. The molecule has 2 rings (SSSR count). The minimum absolute atomic E-state index is 0.305. The van der Waals surface area contributed by atoms with Crippen molar-refractivity contribution in [2.45, 2.75) is 0 Å². The highest BCUT2D eigenvalue weighted by atomic mass is 32.1. The van der Waals surface area contributed by atoms with Gasteiger partial charge in [-0.15, -0.1) is 11.3 Å². The second-order valence-corrected chi connectivity index (χ2v) is 4.99. The van der Waals surface area contributed by atoms with Gasteiger partial charge < -0.3 is 14.2 Å². The lowest BCUT2D eigenvalue weighted by Crippen LogP contribution is -2.13. The van der Waals surface area contributed by atoms with Crippen molar-refractivity contribution in [1.29, 1.82) is 0 Å². The van der Waals surface area contributed by atoms with Gasteiger partial charge in [-0.05, 0) is 29.6 Å². The third kappa shape index (κ3) is 3.61. The molecule has 0 radical (unpaired) electrons. The van der Waals surface area contributed by atoms with E-state index in [1.165, 1.54) is 25.6 Å². The summed E-state index contributed by atoms with van der Waals surface area (Å²) in [4.78, 5) is 24.1. The fraction of sp³-hybridized carbons (Fsp3) is 0.200. The average Bonchev–Trinajstić information content (AvgIpc) is 3.06. The molecule has 0 bridgehead atoms. The van der Waals surface area contributed by atoms with Crippen LogP contribution < -0.4 is 9.47 Å². The van der Waals surface area contributed by atoms with Crippen LogP contribution in [-0.2, 0) is 4.74 Å². The molecule has 0 unspecified atom stereocenters. The van der Waals surface area contributed by atoms with Crippen LogP contribution in [0.4, 0.5) is 0 Å². The number of benzene rings is 1. The number of rotatable bonds is 6. The zero-order chi connectivity index (χ0) is 15.2. The Kier molecular flexibility index (Phi) is 4.94. The number of hydrogen-bond donors (Lipinski definition) is 0. The first-order chi connectivity index (χ1) is 10.2. The maximum Gasteiger partial charge on any atom is 0.348 e. The predicted octanol–water partition coefficient (Wildman–Crippen LogP) is 2.81. The van der Waals surface area contributed by atoms with Gasteiger partial charge in [-0.3, -0.25) is 4.79 Å². The lowest BCUT2D eigenvalue weighted by molar-refractivity contribution is 0.0479. The van der Waals surface area contributed by atoms with Crippen LogP contribution in [0.5, 0.6) is 11.5 Å². The molecule has 0 saturated heterocycles. The molecule has 0 spiro atoms. The molecule has 1 aromatic carbocycles. The number of esters is 1. The van der Waals surface area contributed by atoms with E-state index in [1.54, 1.807) is 35.7 Å². The molecule has 0 aliphatic heterocycles. The van der Waals surface area contributed by atoms with Gasteiger partial charge in [-0.2, -0.15) is 0 Å². The molecule has 1 aromatic heterocycles. The highest BCUT2D eigenvalue weighted by Gasteiger charge is 2.14. The Balaban J connectivity index is 2.02. The molecule has 2 aromatic rings. The summed E-state index contributed by atoms with van der Waals surface area (Å²) in [5.41, 5.74) is 0.395. The average molecular weight is 306 g/mol. The van der Waals surface area contributed by atoms with E-state index in [2.05, 4.69) is 0 Å². The summed E-state index contributed by atoms with van der Waals surface area (Å²) in [5.74, 6) is 0.178. The molecule has 1 heterocycles. The van der Waals surface area contributed by atoms with E-state index in [0.29, 0.717) is 21.9 Å². The molecule has 0 amide bonds. The molecule has 6 heteroatoms. The van der Waals surface area contributed by atoms with E-state index < -0.39 is 5.97 Å². The maximum atomic E-state index is 12.0. The van der Waals surface area contributed by atoms with Crippen LogP contribution in [0, 0.1) is 0 Å². The van der Waals surface area contributed by atoms with Crippen LogP contribution in [0.2, 0.25) is 0 Å². The highest BCUT2D eigenvalue weighted by Crippen LogP contribution is 2.27. The number of Topliss-reactive ketones (excluding diaryl/α,β-unsaturated/α-hetero) is 1. The molecule has 0 N–H and O–H groups in total. The zero-order valence-corrected chi connectivity index (χ0v) is 12.4. The molecule has 21 heavy (non-hydrogen) atoms. The first-order valence-electron chi connectivity index (χ1n) is 6.11. The summed E-state index contributed by atoms with van der Waals surface area (Å²) in [6.45, 7) is -0.313. The van der Waals surface area contributed by atoms with E-state index in [0.717, 1.165) is 0 Å². The first kappa shape index (κ1) is 15.1. The Labute approximate surface area is 126 Å². The van der Waals surface area contributed by atoms with Crippen LogP contribution in [0.15, 0.2) is 35.7 Å². The monoisotopic (exact) mass is 306 g/mol. The summed E-state index contributed by atoms with van der Waals surface area (Å²) in [5, 5.41) is 1.77. The van der Waals surface area contributed by atoms with E-state index in [4.69, 9.17) is 14.2 Å². The summed E-state index contributed by atoms with van der Waals surface area (Å²) in [7, 11) is 3.01. The van der Waals surface area contributed by atoms with Crippen molar-refractivity contribution < 1.29 is 23.8 Å². The van der Waals surface area contributed by atoms with Gasteiger partial charge in [0.15, 0.2) is 23.9 Å². The molecular weight excluding hydrogens is 292 g/mol. The largest absolute Gasteiger partial charge is 0.493 e. The van der Waals surface area contributed by atoms with Gasteiger partial charge in [0.05, 0.1) is 14.2 Å². The molecule has 0 aliphatic rings. The van der Waals surface area contributed by atoms with Crippen molar-refractivity contribution in [2.24, 2.45) is 0 Å². The van der Waals surface area contributed by atoms with Crippen LogP contribution >= 0.6 is 11.3 Å². The molecule has 0 aliphatic carbocycles. The van der Waals surface area contributed by atoms with E-state index in [9.17, 15) is 9.59 Å². The smallest absolute Gasteiger partial charge is 0.348 e. The minimum atomic E-state index is -0.501. The van der Waals surface area contributed by atoms with Crippen molar-refractivity contribution >= 4 is 23.1 Å². The first-order valence-corrected chi connectivity index (χ1v) is 6.99. The molecule has 110 valence electrons. The van der Waals surface area contributed by atoms with Crippen LogP contribution in [-0.4, -0.2) is 32.6 Å². The van der Waals surface area contributed by atoms with Crippen molar-refractivity contribution in [3.05, 3.63) is 46.2 Å². The Morgan fingerprint density at radius 2 is 1.86 bits per heavy atom.